The number of carbonyl (C=O) groups excluding carboxylic acids is 12. The molecule has 1 saturated carbocycles. The number of carboxylic acids is 3. The van der Waals surface area contributed by atoms with Crippen LogP contribution in [-0.4, -0.2) is 209 Å². The van der Waals surface area contributed by atoms with Crippen LogP contribution in [0.5, 0.6) is 0 Å². The molecule has 2 aromatic heterocycles. The average Bonchev–Trinajstić information content (AvgIpc) is 1.55. The van der Waals surface area contributed by atoms with Crippen molar-refractivity contribution in [2.75, 3.05) is 50.3 Å². The number of aromatic nitrogens is 2. The molecule has 0 spiro atoms. The van der Waals surface area contributed by atoms with E-state index in [9.17, 15) is 92.0 Å². The van der Waals surface area contributed by atoms with Crippen molar-refractivity contribution in [3.8, 4) is 11.4 Å². The van der Waals surface area contributed by atoms with Crippen LogP contribution in [0.1, 0.15) is 199 Å². The summed E-state index contributed by atoms with van der Waals surface area (Å²) in [6, 6.07) is 15.6. The Morgan fingerprint density at radius 3 is 2.10 bits per heavy atom. The van der Waals surface area contributed by atoms with Gasteiger partial charge in [-0.05, 0) is 179 Å². The summed E-state index contributed by atoms with van der Waals surface area (Å²) in [4.78, 5) is 215. The smallest absolute Gasteiger partial charge is 0.407 e. The van der Waals surface area contributed by atoms with Gasteiger partial charge >= 0.3 is 36.0 Å². The van der Waals surface area contributed by atoms with E-state index in [1.54, 1.807) is 44.2 Å². The number of cyclic esters (lactones) is 1. The molecule has 38 heteroatoms. The zero-order valence-corrected chi connectivity index (χ0v) is 72.8. The molecule has 15 N–H and O–H groups in total. The second kappa shape index (κ2) is 44.0. The van der Waals surface area contributed by atoms with E-state index in [1.165, 1.54) is 20.4 Å². The Bertz CT molecular complexity index is 5360. The Hall–Kier alpha value is -12.5. The third-order valence-electron chi connectivity index (χ3n) is 25.0. The molecule has 4 aliphatic heterocycles. The van der Waals surface area contributed by atoms with Gasteiger partial charge in [-0.3, -0.25) is 57.6 Å². The Morgan fingerprint density at radius 2 is 1.39 bits per heavy atom. The summed E-state index contributed by atoms with van der Waals surface area (Å²) in [5.41, 5.74) is 9.28. The van der Waals surface area contributed by atoms with Gasteiger partial charge in [0.2, 0.25) is 53.2 Å². The molecule has 690 valence electrons. The summed E-state index contributed by atoms with van der Waals surface area (Å²) >= 11 is 1.14. The number of carbonyl (C=O) groups is 15. The van der Waals surface area contributed by atoms with Crippen molar-refractivity contribution >= 4 is 128 Å². The second-order valence-corrected chi connectivity index (χ2v) is 35.1. The molecule has 36 nitrogen and oxygen atoms in total. The lowest BCUT2D eigenvalue weighted by Gasteiger charge is -2.31. The summed E-state index contributed by atoms with van der Waals surface area (Å²) < 4.78 is 28.0. The first-order valence-electron chi connectivity index (χ1n) is 44.1. The van der Waals surface area contributed by atoms with E-state index in [0.717, 1.165) is 33.7 Å². The van der Waals surface area contributed by atoms with Crippen LogP contribution < -0.4 is 59.1 Å². The predicted molar refractivity (Wildman–Crippen MR) is 468 cm³/mol. The van der Waals surface area contributed by atoms with E-state index in [-0.39, 0.29) is 149 Å². The van der Waals surface area contributed by atoms with Gasteiger partial charge in [0.1, 0.15) is 43.2 Å². The van der Waals surface area contributed by atoms with Crippen LogP contribution in [0.25, 0.3) is 33.1 Å². The molecule has 2 aliphatic carbocycles. The molecular weight excluding hydrogens is 1690 g/mol. The lowest BCUT2D eigenvalue weighted by molar-refractivity contribution is -0.172. The highest BCUT2D eigenvalue weighted by Crippen LogP contribution is 2.46. The van der Waals surface area contributed by atoms with E-state index in [0.29, 0.717) is 160 Å². The van der Waals surface area contributed by atoms with Gasteiger partial charge in [0, 0.05) is 105 Å². The van der Waals surface area contributed by atoms with Crippen LogP contribution >= 0.6 is 11.8 Å². The fourth-order valence-electron chi connectivity index (χ4n) is 17.6. The number of thioether (sulfide) groups is 1. The number of aliphatic hydroxyl groups is 1. The predicted octanol–water partition coefficient (Wildman–Crippen LogP) is 6.07. The number of hydrogen-bond donors (Lipinski definition) is 14. The highest BCUT2D eigenvalue weighted by Gasteiger charge is 2.47. The molecule has 6 aromatic rings. The van der Waals surface area contributed by atoms with Gasteiger partial charge < -0.3 is 93.0 Å². The Balaban J connectivity index is 0.485. The number of unbranched alkanes of at least 4 members (excludes halogenated alkanes) is 5. The minimum absolute atomic E-state index is 0.0462. The number of imide groups is 1. The van der Waals surface area contributed by atoms with E-state index >= 15 is 4.39 Å². The number of urea groups is 1. The third-order valence-corrected chi connectivity index (χ3v) is 26.3. The van der Waals surface area contributed by atoms with Crippen LogP contribution in [0.2, 0.25) is 0 Å². The molecule has 4 aromatic carbocycles. The number of anilines is 1. The average molecular weight is 1800 g/mol. The maximum absolute atomic E-state index is 15.5. The minimum atomic E-state index is -2.06. The molecule has 8 atom stereocenters. The maximum Gasteiger partial charge on any atom is 0.407 e. The van der Waals surface area contributed by atoms with Crippen molar-refractivity contribution in [1.82, 2.24) is 61.9 Å². The molecule has 6 heterocycles. The SMILES string of the molecule is CC[C@@]1(O)C(=O)OCc2c1cc1n(c2=O)Cc2c-1nc1cc(F)c(C)c3c1c2[C@@H](NC(=O)OCc1ccc(NC(=O)[C@@H]2CCCN2C(=O)CNC(=O)CCCCCN2C(=O)CC(SC[C@H](N)C(=O)NCCCCCC(=O)NC[C@H]4CC[C@H](C(=O)N[C@@H](Cc5ccc6ccccc6c5)C(=O)NCCCC[C@H](NC(=O)N[C@@H](CCC(=O)O)C(=O)O)C(=O)O)CC4)C2=O)cc1)CC3. The number of halogens is 1. The zero-order chi connectivity index (χ0) is 92.3. The number of likely N-dealkylation sites (tertiary alicyclic amines) is 2. The number of nitrogens with two attached hydrogens (primary N) is 1. The largest absolute Gasteiger partial charge is 0.481 e. The number of alkyl carbamates (subject to hydrolysis) is 1. The fraction of sp³-hybridized carbons (Fsp3) is 0.505. The van der Waals surface area contributed by atoms with Crippen LogP contribution in [-0.2, 0) is 110 Å². The number of aryl methyl sites for hydroxylation is 1. The number of ether oxygens (including phenoxy) is 2. The van der Waals surface area contributed by atoms with Crippen LogP contribution in [0.15, 0.2) is 83.7 Å². The van der Waals surface area contributed by atoms with Crippen LogP contribution in [0.4, 0.5) is 19.7 Å². The van der Waals surface area contributed by atoms with Crippen molar-refractivity contribution in [3.63, 3.8) is 0 Å². The van der Waals surface area contributed by atoms with Gasteiger partial charge in [-0.15, -0.1) is 11.8 Å². The van der Waals surface area contributed by atoms with Crippen molar-refractivity contribution < 1.29 is 106 Å². The highest BCUT2D eigenvalue weighted by molar-refractivity contribution is 8.00. The number of benzene rings is 4. The van der Waals surface area contributed by atoms with Crippen LogP contribution in [0, 0.1) is 24.6 Å². The number of nitrogens with one attached hydrogen (secondary N) is 9. The normalized spacial score (nSPS) is 19.3. The first-order chi connectivity index (χ1) is 61.9. The molecule has 3 fully saturated rings. The maximum atomic E-state index is 15.5. The number of pyridine rings is 2. The van der Waals surface area contributed by atoms with Gasteiger partial charge in [-0.1, -0.05) is 74.4 Å². The van der Waals surface area contributed by atoms with Gasteiger partial charge in [0.05, 0.1) is 52.9 Å². The number of carboxylic acid groups (broad SMARTS) is 3. The number of fused-ring (bicyclic) bond motifs is 6. The van der Waals surface area contributed by atoms with Gasteiger partial charge in [-0.2, -0.15) is 0 Å². The van der Waals surface area contributed by atoms with Crippen molar-refractivity contribution in [1.29, 1.82) is 0 Å². The van der Waals surface area contributed by atoms with Gasteiger partial charge in [0.15, 0.2) is 5.60 Å². The number of aliphatic carboxylic acids is 3. The number of esters is 1. The summed E-state index contributed by atoms with van der Waals surface area (Å²) in [6.07, 6.45) is 6.43. The molecule has 0 bridgehead atoms. The number of nitrogens with zero attached hydrogens (tertiary/aromatic N) is 4. The standard InChI is InChI=1S/C91H111FN14O22S/c1-3-91(126)61-41-70-79-59(46-106(70)84(117)60(61)48-127-88(91)123)78-64(32-31-58-50(2)62(92)42-67(99-79)77(58)78)103-90(125)128-47-52-24-29-57(30-25-52)98-83(116)69-18-14-38-104(69)75(110)45-97-73(108)20-7-5-13-37-105-74(109)43-71(85(105)118)129-49-63(93)81(114)94-35-11-4-6-19-72(107)96-44-51-21-27-55(28-22-51)80(113)100-68(40-53-23-26-54-15-8-9-16-56(54)39-53)82(115)95-36-12-10-17-65(86(119)120)101-89(124)102-66(87(121)122)33-34-76(111)112/h8-9,15-16,23-26,29-30,39,41-42,51,55,63-66,68-69,71,126H,3-7,10-14,17-22,27-28,31-38,40,43-49,93H2,1-2H3,(H,94,114)(H,95,115)(H,96,107)(H,97,108)(H,98,116)(H,100,113)(H,103,125)(H,111,112)(H,119,120)(H,121,122)(H2,101,102,124)/t51-,55-,63-,64-,65-,66-,68-,69-,71?,91-/m0/s1. The van der Waals surface area contributed by atoms with E-state index < -0.39 is 131 Å². The quantitative estimate of drug-likeness (QED) is 0.0117. The van der Waals surface area contributed by atoms with E-state index in [2.05, 4.69) is 47.9 Å². The second-order valence-electron chi connectivity index (χ2n) is 33.8. The molecule has 2 saturated heterocycles. The van der Waals surface area contributed by atoms with Gasteiger partial charge in [-0.25, -0.2) is 33.3 Å². The van der Waals surface area contributed by atoms with Crippen molar-refractivity contribution in [2.45, 2.75) is 235 Å². The summed E-state index contributed by atoms with van der Waals surface area (Å²) in [7, 11) is 0. The minimum Gasteiger partial charge on any atom is -0.481 e. The molecule has 12 rings (SSSR count). The Morgan fingerprint density at radius 1 is 0.705 bits per heavy atom. The monoisotopic (exact) mass is 1800 g/mol. The zero-order valence-electron chi connectivity index (χ0n) is 72.0. The van der Waals surface area contributed by atoms with Crippen molar-refractivity contribution in [2.24, 2.45) is 17.6 Å². The molecule has 0 radical (unpaired) electrons. The van der Waals surface area contributed by atoms with Crippen LogP contribution in [0.3, 0.4) is 0 Å². The third kappa shape index (κ3) is 24.1. The summed E-state index contributed by atoms with van der Waals surface area (Å²) in [6.45, 7) is 3.85. The molecule has 12 amide bonds. The topological polar surface area (TPSA) is 531 Å². The molecule has 6 aliphatic rings. The van der Waals surface area contributed by atoms with Gasteiger partial charge in [0.25, 0.3) is 5.56 Å². The molecule has 1 unspecified atom stereocenters. The Kier molecular flexibility index (Phi) is 32.7. The number of amides is 12. The number of rotatable bonds is 43. The highest BCUT2D eigenvalue weighted by atomic mass is 32.2. The number of hydrogen-bond acceptors (Lipinski definition) is 22. The fourth-order valence-corrected chi connectivity index (χ4v) is 18.8. The first-order valence-corrected chi connectivity index (χ1v) is 45.2. The van der Waals surface area contributed by atoms with E-state index in [4.69, 9.17) is 25.3 Å². The lowest BCUT2D eigenvalue weighted by Crippen LogP contribution is -2.51. The first kappa shape index (κ1) is 95.7. The summed E-state index contributed by atoms with van der Waals surface area (Å²) in [5, 5.41) is 65.8. The van der Waals surface area contributed by atoms with E-state index in [1.807, 2.05) is 42.5 Å². The van der Waals surface area contributed by atoms with Crippen molar-refractivity contribution in [3.05, 3.63) is 140 Å². The molecular formula is C91H111FN14O22S. The summed E-state index contributed by atoms with van der Waals surface area (Å²) in [5.74, 6) is -8.86. The lowest BCUT2D eigenvalue weighted by atomic mass is 9.81. The Labute approximate surface area is 746 Å². The molecule has 129 heavy (non-hydrogen) atoms.